The average molecular weight is 541 g/mol. The highest BCUT2D eigenvalue weighted by atomic mass is 19.3. The molecule has 0 saturated carbocycles. The molecular formula is C23H23F5N8O2. The lowest BCUT2D eigenvalue weighted by molar-refractivity contribution is -0.140. The van der Waals surface area contributed by atoms with Crippen LogP contribution in [0.2, 0.25) is 0 Å². The van der Waals surface area contributed by atoms with Crippen LogP contribution in [0.25, 0.3) is 27.7 Å². The molecule has 0 spiro atoms. The molecule has 202 valence electrons. The molecule has 3 aromatic heterocycles. The third-order valence-electron chi connectivity index (χ3n) is 6.45. The van der Waals surface area contributed by atoms with E-state index in [4.69, 9.17) is 8.85 Å². The van der Waals surface area contributed by atoms with Crippen LogP contribution in [0.1, 0.15) is 30.4 Å². The van der Waals surface area contributed by atoms with E-state index in [2.05, 4.69) is 25.7 Å². The summed E-state index contributed by atoms with van der Waals surface area (Å²) >= 11 is 0. The highest BCUT2D eigenvalue weighted by Gasteiger charge is 2.46. The van der Waals surface area contributed by atoms with E-state index >= 15 is 4.39 Å². The molecule has 38 heavy (non-hydrogen) atoms. The van der Waals surface area contributed by atoms with Crippen LogP contribution in [0, 0.1) is 5.82 Å². The molecule has 4 aromatic rings. The van der Waals surface area contributed by atoms with Crippen LogP contribution in [0.5, 0.6) is 5.88 Å². The van der Waals surface area contributed by atoms with Gasteiger partial charge in [-0.25, -0.2) is 31.1 Å². The van der Waals surface area contributed by atoms with E-state index in [9.17, 15) is 22.4 Å². The van der Waals surface area contributed by atoms with Crippen LogP contribution in [0.3, 0.4) is 0 Å². The maximum atomic E-state index is 15.3. The Balaban J connectivity index is 1.48. The third kappa shape index (κ3) is 4.35. The molecule has 0 aliphatic carbocycles. The molecule has 1 amide bonds. The SMILES string of the molecule is [2H]C([2H])([2H])C(=O)N1CC[C@@H](Nc2nc(OC)c3c(-c4ccc5nnn([C@@H](C)C(F)F)c5c4)c(F)cn3n2)C(F)(F)C1. The minimum atomic E-state index is -3.54. The normalized spacial score (nSPS) is 19.8. The summed E-state index contributed by atoms with van der Waals surface area (Å²) in [6.45, 7) is -3.15. The number of hydrogen-bond donors (Lipinski definition) is 1. The largest absolute Gasteiger partial charge is 0.479 e. The first-order valence-electron chi connectivity index (χ1n) is 12.9. The lowest BCUT2D eigenvalue weighted by atomic mass is 10.0. The van der Waals surface area contributed by atoms with Crippen molar-refractivity contribution in [3.8, 4) is 17.0 Å². The molecule has 0 radical (unpaired) electrons. The third-order valence-corrected chi connectivity index (χ3v) is 6.45. The number of nitrogens with one attached hydrogen (secondary N) is 1. The number of fused-ring (bicyclic) bond motifs is 2. The van der Waals surface area contributed by atoms with Crippen LogP contribution in [0.4, 0.5) is 27.9 Å². The first kappa shape index (κ1) is 22.0. The second-order valence-electron chi connectivity index (χ2n) is 8.88. The molecule has 1 saturated heterocycles. The summed E-state index contributed by atoms with van der Waals surface area (Å²) in [5.74, 6) is -6.20. The Bertz CT molecular complexity index is 1630. The Hall–Kier alpha value is -4.04. The van der Waals surface area contributed by atoms with Crippen molar-refractivity contribution < 1.29 is 35.6 Å². The summed E-state index contributed by atoms with van der Waals surface area (Å²) in [6.07, 6.45) is -2.06. The van der Waals surface area contributed by atoms with Gasteiger partial charge in [-0.1, -0.05) is 11.3 Å². The van der Waals surface area contributed by atoms with Crippen LogP contribution in [-0.4, -0.2) is 79.0 Å². The number of piperidine rings is 1. The van der Waals surface area contributed by atoms with Gasteiger partial charge in [-0.15, -0.1) is 10.2 Å². The van der Waals surface area contributed by atoms with Gasteiger partial charge in [0, 0.05) is 17.5 Å². The summed E-state index contributed by atoms with van der Waals surface area (Å²) in [5, 5.41) is 14.3. The van der Waals surface area contributed by atoms with E-state index in [0.717, 1.165) is 15.4 Å². The lowest BCUT2D eigenvalue weighted by Crippen LogP contribution is -2.55. The zero-order chi connectivity index (χ0) is 29.9. The van der Waals surface area contributed by atoms with Gasteiger partial charge in [0.15, 0.2) is 5.82 Å². The lowest BCUT2D eigenvalue weighted by Gasteiger charge is -2.38. The average Bonchev–Trinajstić information content (AvgIpc) is 3.47. The molecule has 4 heterocycles. The number of amides is 1. The fourth-order valence-electron chi connectivity index (χ4n) is 4.45. The number of methoxy groups -OCH3 is 1. The van der Waals surface area contributed by atoms with Crippen molar-refractivity contribution in [1.29, 1.82) is 0 Å². The smallest absolute Gasteiger partial charge is 0.285 e. The fraction of sp³-hybridized carbons (Fsp3) is 0.435. The number of halogens is 5. The maximum absolute atomic E-state index is 15.3. The summed E-state index contributed by atoms with van der Waals surface area (Å²) in [5.41, 5.74) is 0.809. The molecule has 1 aliphatic rings. The van der Waals surface area contributed by atoms with Gasteiger partial charge in [-0.3, -0.25) is 4.79 Å². The molecule has 0 bridgehead atoms. The first-order chi connectivity index (χ1) is 19.2. The van der Waals surface area contributed by atoms with E-state index in [1.54, 1.807) is 0 Å². The maximum Gasteiger partial charge on any atom is 0.285 e. The summed E-state index contributed by atoms with van der Waals surface area (Å²) in [7, 11) is 1.24. The number of hydrogen-bond acceptors (Lipinski definition) is 7. The fourth-order valence-corrected chi connectivity index (χ4v) is 4.45. The summed E-state index contributed by atoms with van der Waals surface area (Å²) < 4.78 is 101. The van der Waals surface area contributed by atoms with Crippen molar-refractivity contribution in [3.63, 3.8) is 0 Å². The Kier molecular flexibility index (Phi) is 5.42. The first-order valence-corrected chi connectivity index (χ1v) is 11.4. The topological polar surface area (TPSA) is 102 Å². The number of carbonyl (C=O) groups excluding carboxylic acids is 1. The molecule has 1 fully saturated rings. The minimum absolute atomic E-state index is 0.0328. The number of nitrogens with zero attached hydrogens (tertiary/aromatic N) is 7. The van der Waals surface area contributed by atoms with Gasteiger partial charge in [0.1, 0.15) is 17.1 Å². The van der Waals surface area contributed by atoms with Crippen molar-refractivity contribution in [2.24, 2.45) is 0 Å². The monoisotopic (exact) mass is 541 g/mol. The van der Waals surface area contributed by atoms with Gasteiger partial charge in [0.25, 0.3) is 12.3 Å². The van der Waals surface area contributed by atoms with Crippen molar-refractivity contribution >= 4 is 28.4 Å². The van der Waals surface area contributed by atoms with Gasteiger partial charge in [0.05, 0.1) is 37.0 Å². The molecule has 1 aromatic carbocycles. The number of alkyl halides is 4. The van der Waals surface area contributed by atoms with Crippen molar-refractivity contribution in [2.75, 3.05) is 25.5 Å². The Labute approximate surface area is 216 Å². The van der Waals surface area contributed by atoms with Gasteiger partial charge in [-0.2, -0.15) is 4.98 Å². The Morgan fingerprint density at radius 1 is 1.34 bits per heavy atom. The predicted molar refractivity (Wildman–Crippen MR) is 126 cm³/mol. The standard InChI is InChI=1S/C23H23F5N8O2/c1-11(20(25)26)36-16-8-13(4-5-15(16)31-33-36)18-14(24)9-35-19(18)21(38-3)30-22(32-35)29-17-6-7-34(12(2)37)10-23(17,27)28/h4-5,8-9,11,17,20H,6-7,10H2,1-3H3,(H,29,32)/t11-,17+/m0/s1/i2D3. The second kappa shape index (κ2) is 9.36. The molecule has 0 unspecified atom stereocenters. The van der Waals surface area contributed by atoms with Crippen LogP contribution >= 0.6 is 0 Å². The van der Waals surface area contributed by atoms with Gasteiger partial charge >= 0.3 is 0 Å². The molecule has 15 heteroatoms. The zero-order valence-corrected chi connectivity index (χ0v) is 20.0. The number of carbonyl (C=O) groups is 1. The number of anilines is 1. The Morgan fingerprint density at radius 3 is 2.82 bits per heavy atom. The highest BCUT2D eigenvalue weighted by Crippen LogP contribution is 2.36. The highest BCUT2D eigenvalue weighted by molar-refractivity contribution is 5.89. The number of aromatic nitrogens is 6. The predicted octanol–water partition coefficient (Wildman–Crippen LogP) is 3.78. The zero-order valence-electron chi connectivity index (χ0n) is 23.0. The number of ether oxygens (including phenoxy) is 1. The molecule has 5 rings (SSSR count). The van der Waals surface area contributed by atoms with Crippen molar-refractivity contribution in [2.45, 2.75) is 44.6 Å². The van der Waals surface area contributed by atoms with E-state index < -0.39 is 49.6 Å². The van der Waals surface area contributed by atoms with Gasteiger partial charge in [0.2, 0.25) is 17.7 Å². The molecule has 2 atom stereocenters. The van der Waals surface area contributed by atoms with E-state index in [-0.39, 0.29) is 47.0 Å². The summed E-state index contributed by atoms with van der Waals surface area (Å²) in [6, 6.07) is 1.57. The second-order valence-corrected chi connectivity index (χ2v) is 8.88. The quantitative estimate of drug-likeness (QED) is 0.371. The molecule has 1 aliphatic heterocycles. The number of rotatable bonds is 6. The van der Waals surface area contributed by atoms with E-state index in [1.807, 2.05) is 0 Å². The van der Waals surface area contributed by atoms with E-state index in [0.29, 0.717) is 10.4 Å². The Morgan fingerprint density at radius 2 is 2.13 bits per heavy atom. The molecule has 1 N–H and O–H groups in total. The van der Waals surface area contributed by atoms with E-state index in [1.165, 1.54) is 32.2 Å². The van der Waals surface area contributed by atoms with Crippen LogP contribution in [0.15, 0.2) is 24.4 Å². The molecular weight excluding hydrogens is 515 g/mol. The van der Waals surface area contributed by atoms with Gasteiger partial charge < -0.3 is 15.0 Å². The van der Waals surface area contributed by atoms with Crippen molar-refractivity contribution in [3.05, 3.63) is 30.2 Å². The minimum Gasteiger partial charge on any atom is -0.479 e. The van der Waals surface area contributed by atoms with Crippen LogP contribution < -0.4 is 10.1 Å². The molecule has 10 nitrogen and oxygen atoms in total. The summed E-state index contributed by atoms with van der Waals surface area (Å²) in [4.78, 5) is 16.7. The van der Waals surface area contributed by atoms with Crippen LogP contribution in [-0.2, 0) is 4.79 Å². The van der Waals surface area contributed by atoms with Gasteiger partial charge in [-0.05, 0) is 31.0 Å². The number of benzene rings is 1. The number of likely N-dealkylation sites (tertiary alicyclic amines) is 1. The van der Waals surface area contributed by atoms with Crippen molar-refractivity contribution in [1.82, 2.24) is 34.5 Å².